The molecule has 2 N–H and O–H groups in total. The van der Waals surface area contributed by atoms with Crippen LogP contribution in [-0.4, -0.2) is 24.3 Å². The summed E-state index contributed by atoms with van der Waals surface area (Å²) in [6, 6.07) is 12.6. The number of nitrogens with one attached hydrogen (secondary N) is 1. The highest BCUT2D eigenvalue weighted by Gasteiger charge is 2.09. The molecule has 118 valence electrons. The lowest BCUT2D eigenvalue weighted by molar-refractivity contribution is 0.355. The first-order valence-electron chi connectivity index (χ1n) is 6.93. The zero-order chi connectivity index (χ0) is 16.2. The van der Waals surface area contributed by atoms with E-state index in [0.717, 1.165) is 22.1 Å². The maximum Gasteiger partial charge on any atom is 0.187 e. The minimum absolute atomic E-state index is 0.237. The summed E-state index contributed by atoms with van der Waals surface area (Å²) in [6.07, 6.45) is 0. The van der Waals surface area contributed by atoms with E-state index in [1.165, 1.54) is 11.3 Å². The van der Waals surface area contributed by atoms with Gasteiger partial charge in [-0.1, -0.05) is 0 Å². The van der Waals surface area contributed by atoms with E-state index in [1.807, 2.05) is 23.6 Å². The molecule has 0 amide bonds. The summed E-state index contributed by atoms with van der Waals surface area (Å²) in [4.78, 5) is 4.58. The van der Waals surface area contributed by atoms with Crippen LogP contribution in [0.4, 0.5) is 10.8 Å². The third-order valence-electron chi connectivity index (χ3n) is 3.30. The number of anilines is 2. The average molecular weight is 328 g/mol. The molecule has 0 saturated heterocycles. The molecule has 0 aliphatic carbocycles. The van der Waals surface area contributed by atoms with Crippen molar-refractivity contribution in [2.24, 2.45) is 0 Å². The van der Waals surface area contributed by atoms with Crippen molar-refractivity contribution in [3.05, 3.63) is 47.8 Å². The molecule has 6 heteroatoms. The van der Waals surface area contributed by atoms with Gasteiger partial charge in [0.05, 0.1) is 19.9 Å². The Bertz CT molecular complexity index is 800. The molecule has 23 heavy (non-hydrogen) atoms. The van der Waals surface area contributed by atoms with Crippen LogP contribution in [0.5, 0.6) is 17.2 Å². The van der Waals surface area contributed by atoms with Crippen LogP contribution in [0.3, 0.4) is 0 Å². The van der Waals surface area contributed by atoms with Crippen molar-refractivity contribution in [2.75, 3.05) is 19.5 Å². The lowest BCUT2D eigenvalue weighted by Crippen LogP contribution is -1.91. The second-order valence-electron chi connectivity index (χ2n) is 4.78. The fourth-order valence-electron chi connectivity index (χ4n) is 2.13. The predicted molar refractivity (Wildman–Crippen MR) is 92.0 cm³/mol. The van der Waals surface area contributed by atoms with Gasteiger partial charge in [0, 0.05) is 16.6 Å². The monoisotopic (exact) mass is 328 g/mol. The van der Waals surface area contributed by atoms with Gasteiger partial charge in [-0.25, -0.2) is 4.98 Å². The van der Waals surface area contributed by atoms with E-state index in [-0.39, 0.29) is 5.75 Å². The van der Waals surface area contributed by atoms with Crippen LogP contribution >= 0.6 is 11.3 Å². The number of phenolic OH excluding ortho intramolecular Hbond substituents is 1. The Morgan fingerprint density at radius 3 is 2.43 bits per heavy atom. The second kappa shape index (κ2) is 6.58. The van der Waals surface area contributed by atoms with Crippen molar-refractivity contribution >= 4 is 22.2 Å². The standard InChI is InChI=1S/C17H16N2O3S/c1-21-15-8-3-11(9-16(15)22-2)14-10-23-17(19-14)18-12-4-6-13(20)7-5-12/h3-10,20H,1-2H3,(H,18,19). The summed E-state index contributed by atoms with van der Waals surface area (Å²) in [5.74, 6) is 1.60. The maximum absolute atomic E-state index is 9.30. The van der Waals surface area contributed by atoms with E-state index in [4.69, 9.17) is 9.47 Å². The number of thiazole rings is 1. The van der Waals surface area contributed by atoms with E-state index in [2.05, 4.69) is 10.3 Å². The zero-order valence-corrected chi connectivity index (χ0v) is 13.6. The Labute approximate surface area is 138 Å². The molecule has 0 saturated carbocycles. The first kappa shape index (κ1) is 15.2. The quantitative estimate of drug-likeness (QED) is 0.685. The van der Waals surface area contributed by atoms with Gasteiger partial charge in [-0.15, -0.1) is 11.3 Å². The Balaban J connectivity index is 1.82. The van der Waals surface area contributed by atoms with Crippen LogP contribution in [0.25, 0.3) is 11.3 Å². The highest BCUT2D eigenvalue weighted by molar-refractivity contribution is 7.14. The van der Waals surface area contributed by atoms with Crippen LogP contribution in [0, 0.1) is 0 Å². The minimum atomic E-state index is 0.237. The number of benzene rings is 2. The number of methoxy groups -OCH3 is 2. The molecule has 0 fully saturated rings. The molecular weight excluding hydrogens is 312 g/mol. The normalized spacial score (nSPS) is 10.3. The Morgan fingerprint density at radius 1 is 1.00 bits per heavy atom. The Hall–Kier alpha value is -2.73. The lowest BCUT2D eigenvalue weighted by Gasteiger charge is -2.08. The largest absolute Gasteiger partial charge is 0.508 e. The summed E-state index contributed by atoms with van der Waals surface area (Å²) < 4.78 is 10.6. The van der Waals surface area contributed by atoms with Gasteiger partial charge in [-0.05, 0) is 42.5 Å². The number of nitrogens with zero attached hydrogens (tertiary/aromatic N) is 1. The van der Waals surface area contributed by atoms with Crippen LogP contribution < -0.4 is 14.8 Å². The van der Waals surface area contributed by atoms with Gasteiger partial charge in [0.1, 0.15) is 5.75 Å². The average Bonchev–Trinajstić information content (AvgIpc) is 3.05. The van der Waals surface area contributed by atoms with Gasteiger partial charge in [0.15, 0.2) is 16.6 Å². The number of hydrogen-bond donors (Lipinski definition) is 2. The van der Waals surface area contributed by atoms with Crippen molar-refractivity contribution in [3.63, 3.8) is 0 Å². The van der Waals surface area contributed by atoms with Crippen LogP contribution in [0.2, 0.25) is 0 Å². The van der Waals surface area contributed by atoms with Crippen LogP contribution in [-0.2, 0) is 0 Å². The van der Waals surface area contributed by atoms with E-state index >= 15 is 0 Å². The molecule has 0 aliphatic heterocycles. The van der Waals surface area contributed by atoms with E-state index in [1.54, 1.807) is 38.5 Å². The molecule has 0 aliphatic rings. The van der Waals surface area contributed by atoms with Gasteiger partial charge in [-0.2, -0.15) is 0 Å². The highest BCUT2D eigenvalue weighted by atomic mass is 32.1. The number of hydrogen-bond acceptors (Lipinski definition) is 6. The van der Waals surface area contributed by atoms with E-state index < -0.39 is 0 Å². The van der Waals surface area contributed by atoms with Gasteiger partial charge in [0.2, 0.25) is 0 Å². The smallest absolute Gasteiger partial charge is 0.187 e. The van der Waals surface area contributed by atoms with E-state index in [9.17, 15) is 5.11 Å². The molecule has 3 aromatic rings. The first-order chi connectivity index (χ1) is 11.2. The highest BCUT2D eigenvalue weighted by Crippen LogP contribution is 2.34. The van der Waals surface area contributed by atoms with Crippen molar-refractivity contribution in [1.82, 2.24) is 4.98 Å². The fraction of sp³-hybridized carbons (Fsp3) is 0.118. The van der Waals surface area contributed by atoms with Crippen LogP contribution in [0.15, 0.2) is 47.8 Å². The predicted octanol–water partition coefficient (Wildman–Crippen LogP) is 4.28. The third-order valence-corrected chi connectivity index (χ3v) is 4.06. The lowest BCUT2D eigenvalue weighted by atomic mass is 10.1. The number of aromatic hydroxyl groups is 1. The Kier molecular flexibility index (Phi) is 4.34. The van der Waals surface area contributed by atoms with Crippen molar-refractivity contribution < 1.29 is 14.6 Å². The maximum atomic E-state index is 9.30. The first-order valence-corrected chi connectivity index (χ1v) is 7.81. The second-order valence-corrected chi connectivity index (χ2v) is 5.64. The number of rotatable bonds is 5. The molecule has 5 nitrogen and oxygen atoms in total. The molecular formula is C17H16N2O3S. The third kappa shape index (κ3) is 3.37. The molecule has 3 rings (SSSR count). The van der Waals surface area contributed by atoms with Crippen molar-refractivity contribution in [3.8, 4) is 28.5 Å². The molecule has 0 spiro atoms. The summed E-state index contributed by atoms with van der Waals surface area (Å²) >= 11 is 1.51. The molecule has 0 unspecified atom stereocenters. The molecule has 0 bridgehead atoms. The van der Waals surface area contributed by atoms with E-state index in [0.29, 0.717) is 11.5 Å². The molecule has 0 radical (unpaired) electrons. The molecule has 1 heterocycles. The minimum Gasteiger partial charge on any atom is -0.508 e. The summed E-state index contributed by atoms with van der Waals surface area (Å²) in [6.45, 7) is 0. The number of phenols is 1. The summed E-state index contributed by atoms with van der Waals surface area (Å²) in [5.41, 5.74) is 2.69. The summed E-state index contributed by atoms with van der Waals surface area (Å²) in [5, 5.41) is 15.3. The van der Waals surface area contributed by atoms with Gasteiger partial charge in [0.25, 0.3) is 0 Å². The SMILES string of the molecule is COc1ccc(-c2csc(Nc3ccc(O)cc3)n2)cc1OC. The van der Waals surface area contributed by atoms with Gasteiger partial charge >= 0.3 is 0 Å². The number of ether oxygens (including phenoxy) is 2. The van der Waals surface area contributed by atoms with Crippen molar-refractivity contribution in [1.29, 1.82) is 0 Å². The fourth-order valence-corrected chi connectivity index (χ4v) is 2.87. The molecule has 1 aromatic heterocycles. The zero-order valence-electron chi connectivity index (χ0n) is 12.7. The topological polar surface area (TPSA) is 63.6 Å². The van der Waals surface area contributed by atoms with Crippen molar-refractivity contribution in [2.45, 2.75) is 0 Å². The Morgan fingerprint density at radius 2 is 1.74 bits per heavy atom. The molecule has 0 atom stereocenters. The van der Waals surface area contributed by atoms with Gasteiger partial charge < -0.3 is 19.9 Å². The summed E-state index contributed by atoms with van der Waals surface area (Å²) in [7, 11) is 3.22. The molecule has 2 aromatic carbocycles. The van der Waals surface area contributed by atoms with Crippen LogP contribution in [0.1, 0.15) is 0 Å². The van der Waals surface area contributed by atoms with Gasteiger partial charge in [-0.3, -0.25) is 0 Å². The number of aromatic nitrogens is 1.